The predicted molar refractivity (Wildman–Crippen MR) is 87.1 cm³/mol. The maximum absolute atomic E-state index is 13.6. The zero-order chi connectivity index (χ0) is 15.5. The number of hydrogen-bond acceptors (Lipinski definition) is 2. The van der Waals surface area contributed by atoms with Crippen LogP contribution in [0.15, 0.2) is 52.3 Å². The molecule has 0 aliphatic carbocycles. The lowest BCUT2D eigenvalue weighted by Crippen LogP contribution is -2.10. The Hall–Kier alpha value is -1.37. The Bertz CT molecular complexity index is 776. The van der Waals surface area contributed by atoms with E-state index in [4.69, 9.17) is 11.6 Å². The summed E-state index contributed by atoms with van der Waals surface area (Å²) in [5.41, 5.74) is 0.556. The van der Waals surface area contributed by atoms with E-state index in [9.17, 15) is 12.8 Å². The molecular weight excluding hydrogens is 381 g/mol. The molecule has 0 aliphatic heterocycles. The number of halogens is 3. The molecule has 0 aliphatic rings. The molecule has 0 radical (unpaired) electrons. The normalized spacial score (nSPS) is 11.8. The molecule has 0 atom stereocenters. The third kappa shape index (κ3) is 4.84. The second kappa shape index (κ2) is 6.60. The van der Waals surface area contributed by atoms with Crippen LogP contribution in [0.3, 0.4) is 0 Å². The van der Waals surface area contributed by atoms with E-state index in [0.717, 1.165) is 5.41 Å². The van der Waals surface area contributed by atoms with Gasteiger partial charge in [0, 0.05) is 9.50 Å². The van der Waals surface area contributed by atoms with Crippen LogP contribution in [0.1, 0.15) is 5.56 Å². The zero-order valence-electron chi connectivity index (χ0n) is 10.6. The van der Waals surface area contributed by atoms with Crippen LogP contribution in [0.4, 0.5) is 10.1 Å². The number of nitrogens with one attached hydrogen (secondary N) is 1. The van der Waals surface area contributed by atoms with Crippen LogP contribution in [-0.4, -0.2) is 8.42 Å². The maximum Gasteiger partial charge on any atom is 0.255 e. The second-order valence-corrected chi connectivity index (χ2v) is 7.04. The molecule has 0 saturated heterocycles. The fraction of sp³-hybridized carbons (Fsp3) is 0. The third-order valence-corrected chi connectivity index (χ3v) is 4.24. The molecule has 0 unspecified atom stereocenters. The summed E-state index contributed by atoms with van der Waals surface area (Å²) in [5, 5.41) is 1.53. The predicted octanol–water partition coefficient (Wildman–Crippen LogP) is 4.65. The summed E-state index contributed by atoms with van der Waals surface area (Å²) < 4.78 is 40.0. The van der Waals surface area contributed by atoms with Gasteiger partial charge in [-0.1, -0.05) is 39.7 Å². The van der Waals surface area contributed by atoms with Crippen LogP contribution >= 0.6 is 27.5 Å². The highest BCUT2D eigenvalue weighted by molar-refractivity contribution is 9.10. The number of benzene rings is 2. The zero-order valence-corrected chi connectivity index (χ0v) is 13.7. The molecule has 0 heterocycles. The van der Waals surface area contributed by atoms with Crippen molar-refractivity contribution in [1.29, 1.82) is 0 Å². The van der Waals surface area contributed by atoms with Gasteiger partial charge < -0.3 is 0 Å². The van der Waals surface area contributed by atoms with E-state index in [1.54, 1.807) is 30.3 Å². The SMILES string of the molecule is O=S(=O)(/C=C/c1ccc(Cl)cc1)Nc1ccc(Br)cc1F. The van der Waals surface area contributed by atoms with Gasteiger partial charge in [0.05, 0.1) is 11.1 Å². The lowest BCUT2D eigenvalue weighted by molar-refractivity contribution is 0.606. The molecule has 0 fully saturated rings. The average Bonchev–Trinajstić information content (AvgIpc) is 2.41. The Labute approximate surface area is 135 Å². The molecule has 0 bridgehead atoms. The Kier molecular flexibility index (Phi) is 5.03. The number of sulfonamides is 1. The van der Waals surface area contributed by atoms with Crippen LogP contribution in [0, 0.1) is 5.82 Å². The molecule has 2 aromatic carbocycles. The van der Waals surface area contributed by atoms with Gasteiger partial charge in [0.2, 0.25) is 0 Å². The first kappa shape index (κ1) is 16.0. The molecule has 0 amide bonds. The van der Waals surface area contributed by atoms with Gasteiger partial charge >= 0.3 is 0 Å². The van der Waals surface area contributed by atoms with Crippen molar-refractivity contribution in [3.05, 3.63) is 68.7 Å². The maximum atomic E-state index is 13.6. The van der Waals surface area contributed by atoms with E-state index < -0.39 is 15.8 Å². The second-order valence-electron chi connectivity index (χ2n) is 4.13. The number of hydrogen-bond donors (Lipinski definition) is 1. The van der Waals surface area contributed by atoms with Gasteiger partial charge in [0.15, 0.2) is 0 Å². The minimum Gasteiger partial charge on any atom is -0.277 e. The highest BCUT2D eigenvalue weighted by Crippen LogP contribution is 2.21. The van der Waals surface area contributed by atoms with E-state index in [0.29, 0.717) is 15.1 Å². The molecular formula is C14H10BrClFNO2S. The average molecular weight is 391 g/mol. The van der Waals surface area contributed by atoms with Gasteiger partial charge in [0.25, 0.3) is 10.0 Å². The lowest BCUT2D eigenvalue weighted by Gasteiger charge is -2.06. The van der Waals surface area contributed by atoms with Crippen molar-refractivity contribution >= 4 is 49.3 Å². The van der Waals surface area contributed by atoms with E-state index in [-0.39, 0.29) is 5.69 Å². The van der Waals surface area contributed by atoms with Crippen LogP contribution in [0.25, 0.3) is 6.08 Å². The Morgan fingerprint density at radius 1 is 1.14 bits per heavy atom. The smallest absolute Gasteiger partial charge is 0.255 e. The van der Waals surface area contributed by atoms with Crippen LogP contribution in [0.2, 0.25) is 5.02 Å². The minimum absolute atomic E-state index is 0.112. The van der Waals surface area contributed by atoms with Crippen LogP contribution < -0.4 is 4.72 Å². The van der Waals surface area contributed by atoms with Crippen LogP contribution in [0.5, 0.6) is 0 Å². The highest BCUT2D eigenvalue weighted by Gasteiger charge is 2.10. The molecule has 0 spiro atoms. The summed E-state index contributed by atoms with van der Waals surface area (Å²) in [6.07, 6.45) is 1.40. The molecule has 0 aromatic heterocycles. The van der Waals surface area contributed by atoms with E-state index in [2.05, 4.69) is 20.7 Å². The first-order valence-electron chi connectivity index (χ1n) is 5.77. The first-order valence-corrected chi connectivity index (χ1v) is 8.49. The van der Waals surface area contributed by atoms with Crippen molar-refractivity contribution in [2.45, 2.75) is 0 Å². The van der Waals surface area contributed by atoms with Gasteiger partial charge in [-0.3, -0.25) is 4.72 Å². The first-order chi connectivity index (χ1) is 9.85. The highest BCUT2D eigenvalue weighted by atomic mass is 79.9. The molecule has 1 N–H and O–H groups in total. The van der Waals surface area contributed by atoms with Gasteiger partial charge in [0.1, 0.15) is 5.82 Å². The van der Waals surface area contributed by atoms with E-state index in [1.165, 1.54) is 18.2 Å². The van der Waals surface area contributed by atoms with Crippen molar-refractivity contribution in [2.24, 2.45) is 0 Å². The van der Waals surface area contributed by atoms with Gasteiger partial charge in [-0.25, -0.2) is 12.8 Å². The largest absolute Gasteiger partial charge is 0.277 e. The van der Waals surface area contributed by atoms with Crippen molar-refractivity contribution in [2.75, 3.05) is 4.72 Å². The summed E-state index contributed by atoms with van der Waals surface area (Å²) in [6, 6.07) is 10.7. The summed E-state index contributed by atoms with van der Waals surface area (Å²) >= 11 is 8.84. The summed E-state index contributed by atoms with van der Waals surface area (Å²) in [6.45, 7) is 0. The van der Waals surface area contributed by atoms with Gasteiger partial charge in [-0.15, -0.1) is 0 Å². The van der Waals surface area contributed by atoms with Crippen molar-refractivity contribution in [3.63, 3.8) is 0 Å². The fourth-order valence-electron chi connectivity index (χ4n) is 1.50. The monoisotopic (exact) mass is 389 g/mol. The van der Waals surface area contributed by atoms with Crippen molar-refractivity contribution in [1.82, 2.24) is 0 Å². The van der Waals surface area contributed by atoms with Gasteiger partial charge in [-0.05, 0) is 42.0 Å². The topological polar surface area (TPSA) is 46.2 Å². The molecule has 2 aromatic rings. The van der Waals surface area contributed by atoms with Crippen molar-refractivity contribution < 1.29 is 12.8 Å². The molecule has 21 heavy (non-hydrogen) atoms. The Morgan fingerprint density at radius 2 is 1.81 bits per heavy atom. The standard InChI is InChI=1S/C14H10BrClFNO2S/c15-11-3-6-14(13(17)9-11)18-21(19,20)8-7-10-1-4-12(16)5-2-10/h1-9,18H/b8-7+. The summed E-state index contributed by atoms with van der Waals surface area (Å²) in [5.74, 6) is -0.659. The van der Waals surface area contributed by atoms with E-state index >= 15 is 0 Å². The molecule has 3 nitrogen and oxygen atoms in total. The Balaban J connectivity index is 2.16. The summed E-state index contributed by atoms with van der Waals surface area (Å²) in [4.78, 5) is 0. The van der Waals surface area contributed by atoms with Crippen molar-refractivity contribution in [3.8, 4) is 0 Å². The van der Waals surface area contributed by atoms with Crippen LogP contribution in [-0.2, 0) is 10.0 Å². The molecule has 110 valence electrons. The van der Waals surface area contributed by atoms with Gasteiger partial charge in [-0.2, -0.15) is 0 Å². The number of anilines is 1. The van der Waals surface area contributed by atoms with E-state index in [1.807, 2.05) is 0 Å². The third-order valence-electron chi connectivity index (χ3n) is 2.49. The Morgan fingerprint density at radius 3 is 2.43 bits per heavy atom. The fourth-order valence-corrected chi connectivity index (χ4v) is 2.84. The minimum atomic E-state index is -3.80. The molecule has 0 saturated carbocycles. The molecule has 2 rings (SSSR count). The number of rotatable bonds is 4. The molecule has 7 heteroatoms. The quantitative estimate of drug-likeness (QED) is 0.825. The summed E-state index contributed by atoms with van der Waals surface area (Å²) in [7, 11) is -3.80. The lowest BCUT2D eigenvalue weighted by atomic mass is 10.2.